The van der Waals surface area contributed by atoms with Crippen molar-refractivity contribution in [2.75, 3.05) is 0 Å². The van der Waals surface area contributed by atoms with Gasteiger partial charge in [0.15, 0.2) is 0 Å². The van der Waals surface area contributed by atoms with Crippen molar-refractivity contribution in [1.82, 2.24) is 0 Å². The summed E-state index contributed by atoms with van der Waals surface area (Å²) in [4.78, 5) is 0.413. The lowest BCUT2D eigenvalue weighted by Crippen LogP contribution is -2.09. The van der Waals surface area contributed by atoms with Gasteiger partial charge in [0, 0.05) is 5.56 Å². The third kappa shape index (κ3) is 3.03. The van der Waals surface area contributed by atoms with E-state index in [0.29, 0.717) is 4.99 Å². The molecule has 0 saturated carbocycles. The predicted octanol–water partition coefficient (Wildman–Crippen LogP) is 2.11. The molecule has 1 aromatic rings. The van der Waals surface area contributed by atoms with E-state index in [2.05, 4.69) is 0 Å². The van der Waals surface area contributed by atoms with E-state index in [9.17, 15) is 0 Å². The summed E-state index contributed by atoms with van der Waals surface area (Å²) < 4.78 is 5.46. The van der Waals surface area contributed by atoms with Crippen LogP contribution in [0.25, 0.3) is 0 Å². The van der Waals surface area contributed by atoms with Gasteiger partial charge in [0.25, 0.3) is 0 Å². The Hall–Kier alpha value is -1.09. The first kappa shape index (κ1) is 9.99. The minimum absolute atomic E-state index is 0.190. The molecular formula is C10H13NOS. The van der Waals surface area contributed by atoms with Crippen molar-refractivity contribution in [3.05, 3.63) is 29.8 Å². The molecule has 0 amide bonds. The van der Waals surface area contributed by atoms with Crippen molar-refractivity contribution in [2.24, 2.45) is 5.73 Å². The minimum atomic E-state index is 0.190. The summed E-state index contributed by atoms with van der Waals surface area (Å²) in [5, 5.41) is 0. The molecule has 0 radical (unpaired) electrons. The van der Waals surface area contributed by atoms with Gasteiger partial charge in [-0.25, -0.2) is 0 Å². The second-order valence-corrected chi connectivity index (χ2v) is 3.50. The second-order valence-electron chi connectivity index (χ2n) is 3.06. The number of ether oxygens (including phenoxy) is 1. The van der Waals surface area contributed by atoms with Crippen molar-refractivity contribution < 1.29 is 4.74 Å². The number of hydrogen-bond donors (Lipinski definition) is 1. The lowest BCUT2D eigenvalue weighted by molar-refractivity contribution is 0.242. The SMILES string of the molecule is CC(C)Oc1ccc(C(N)=S)cc1. The molecule has 3 heteroatoms. The molecule has 0 aliphatic heterocycles. The maximum absolute atomic E-state index is 5.46. The Morgan fingerprint density at radius 2 is 1.85 bits per heavy atom. The lowest BCUT2D eigenvalue weighted by atomic mass is 10.2. The fourth-order valence-electron chi connectivity index (χ4n) is 0.970. The van der Waals surface area contributed by atoms with E-state index in [-0.39, 0.29) is 6.10 Å². The molecular weight excluding hydrogens is 182 g/mol. The van der Waals surface area contributed by atoms with Crippen molar-refractivity contribution in [1.29, 1.82) is 0 Å². The summed E-state index contributed by atoms with van der Waals surface area (Å²) in [6, 6.07) is 7.46. The van der Waals surface area contributed by atoms with Gasteiger partial charge in [0.05, 0.1) is 6.10 Å². The van der Waals surface area contributed by atoms with Gasteiger partial charge in [-0.15, -0.1) is 0 Å². The van der Waals surface area contributed by atoms with Crippen LogP contribution in [0.5, 0.6) is 5.75 Å². The fourth-order valence-corrected chi connectivity index (χ4v) is 1.11. The molecule has 0 bridgehead atoms. The van der Waals surface area contributed by atoms with E-state index in [1.165, 1.54) is 0 Å². The Labute approximate surface area is 83.7 Å². The van der Waals surface area contributed by atoms with Crippen LogP contribution < -0.4 is 10.5 Å². The van der Waals surface area contributed by atoms with Crippen LogP contribution in [0.15, 0.2) is 24.3 Å². The number of rotatable bonds is 3. The quantitative estimate of drug-likeness (QED) is 0.750. The Balaban J connectivity index is 2.75. The summed E-state index contributed by atoms with van der Waals surface area (Å²) >= 11 is 4.83. The normalized spacial score (nSPS) is 10.1. The maximum atomic E-state index is 5.46. The first-order valence-corrected chi connectivity index (χ1v) is 4.57. The highest BCUT2D eigenvalue weighted by molar-refractivity contribution is 7.80. The zero-order valence-corrected chi connectivity index (χ0v) is 8.60. The molecule has 0 fully saturated rings. The van der Waals surface area contributed by atoms with Gasteiger partial charge in [0.1, 0.15) is 10.7 Å². The smallest absolute Gasteiger partial charge is 0.119 e. The Morgan fingerprint density at radius 3 is 2.23 bits per heavy atom. The second kappa shape index (κ2) is 4.23. The van der Waals surface area contributed by atoms with Crippen molar-refractivity contribution >= 4 is 17.2 Å². The topological polar surface area (TPSA) is 35.2 Å². The minimum Gasteiger partial charge on any atom is -0.491 e. The molecule has 0 heterocycles. The molecule has 0 saturated heterocycles. The predicted molar refractivity (Wildman–Crippen MR) is 58.1 cm³/mol. The van der Waals surface area contributed by atoms with E-state index in [1.807, 2.05) is 38.1 Å². The highest BCUT2D eigenvalue weighted by Gasteiger charge is 1.98. The summed E-state index contributed by atoms with van der Waals surface area (Å²) in [7, 11) is 0. The molecule has 0 aliphatic carbocycles. The molecule has 0 spiro atoms. The van der Waals surface area contributed by atoms with E-state index < -0.39 is 0 Å². The van der Waals surface area contributed by atoms with Crippen molar-refractivity contribution in [2.45, 2.75) is 20.0 Å². The van der Waals surface area contributed by atoms with Crippen molar-refractivity contribution in [3.8, 4) is 5.75 Å². The van der Waals surface area contributed by atoms with Gasteiger partial charge >= 0.3 is 0 Å². The van der Waals surface area contributed by atoms with Crippen LogP contribution >= 0.6 is 12.2 Å². The van der Waals surface area contributed by atoms with Crippen LogP contribution in [0.1, 0.15) is 19.4 Å². The van der Waals surface area contributed by atoms with E-state index in [4.69, 9.17) is 22.7 Å². The monoisotopic (exact) mass is 195 g/mol. The molecule has 0 aliphatic rings. The van der Waals surface area contributed by atoms with Crippen LogP contribution in [-0.2, 0) is 0 Å². The van der Waals surface area contributed by atoms with Crippen molar-refractivity contribution in [3.63, 3.8) is 0 Å². The molecule has 2 N–H and O–H groups in total. The third-order valence-electron chi connectivity index (χ3n) is 1.51. The molecule has 70 valence electrons. The van der Waals surface area contributed by atoms with Crippen LogP contribution in [0, 0.1) is 0 Å². The summed E-state index contributed by atoms with van der Waals surface area (Å²) in [6.07, 6.45) is 0.190. The van der Waals surface area contributed by atoms with Gasteiger partial charge in [0.2, 0.25) is 0 Å². The van der Waals surface area contributed by atoms with Crippen LogP contribution in [0.4, 0.5) is 0 Å². The maximum Gasteiger partial charge on any atom is 0.119 e. The summed E-state index contributed by atoms with van der Waals surface area (Å²) in [5.41, 5.74) is 6.32. The Bertz CT molecular complexity index is 292. The lowest BCUT2D eigenvalue weighted by Gasteiger charge is -2.09. The van der Waals surface area contributed by atoms with E-state index in [1.54, 1.807) is 0 Å². The van der Waals surface area contributed by atoms with E-state index in [0.717, 1.165) is 11.3 Å². The fraction of sp³-hybridized carbons (Fsp3) is 0.300. The average Bonchev–Trinajstić information content (AvgIpc) is 2.04. The molecule has 0 unspecified atom stereocenters. The molecule has 0 atom stereocenters. The highest BCUT2D eigenvalue weighted by atomic mass is 32.1. The number of thiocarbonyl (C=S) groups is 1. The summed E-state index contributed by atoms with van der Waals surface area (Å²) in [5.74, 6) is 0.843. The molecule has 1 aromatic carbocycles. The standard InChI is InChI=1S/C10H13NOS/c1-7(2)12-9-5-3-8(4-6-9)10(11)13/h3-7H,1-2H3,(H2,11,13). The van der Waals surface area contributed by atoms with Crippen LogP contribution in [0.2, 0.25) is 0 Å². The van der Waals surface area contributed by atoms with Gasteiger partial charge in [-0.2, -0.15) is 0 Å². The van der Waals surface area contributed by atoms with Gasteiger partial charge in [-0.1, -0.05) is 12.2 Å². The van der Waals surface area contributed by atoms with Crippen LogP contribution in [-0.4, -0.2) is 11.1 Å². The summed E-state index contributed by atoms with van der Waals surface area (Å²) in [6.45, 7) is 3.98. The average molecular weight is 195 g/mol. The number of benzene rings is 1. The van der Waals surface area contributed by atoms with Crippen LogP contribution in [0.3, 0.4) is 0 Å². The zero-order valence-electron chi connectivity index (χ0n) is 7.78. The number of hydrogen-bond acceptors (Lipinski definition) is 2. The Kier molecular flexibility index (Phi) is 3.25. The highest BCUT2D eigenvalue weighted by Crippen LogP contribution is 2.13. The van der Waals surface area contributed by atoms with E-state index >= 15 is 0 Å². The third-order valence-corrected chi connectivity index (χ3v) is 1.75. The zero-order chi connectivity index (χ0) is 9.84. The number of nitrogens with two attached hydrogens (primary N) is 1. The van der Waals surface area contributed by atoms with Gasteiger partial charge in [-0.3, -0.25) is 0 Å². The van der Waals surface area contributed by atoms with Gasteiger partial charge in [-0.05, 0) is 38.1 Å². The molecule has 0 aromatic heterocycles. The molecule has 2 nitrogen and oxygen atoms in total. The van der Waals surface area contributed by atoms with Gasteiger partial charge < -0.3 is 10.5 Å². The first-order valence-electron chi connectivity index (χ1n) is 4.16. The largest absolute Gasteiger partial charge is 0.491 e. The first-order chi connectivity index (χ1) is 6.09. The molecule has 13 heavy (non-hydrogen) atoms. The molecule has 1 rings (SSSR count). The Morgan fingerprint density at radius 1 is 1.31 bits per heavy atom.